The van der Waals surface area contributed by atoms with Crippen molar-refractivity contribution >= 4 is 32.4 Å². The first-order valence-corrected chi connectivity index (χ1v) is 11.2. The number of hydrogen-bond acceptors (Lipinski definition) is 6. The Morgan fingerprint density at radius 3 is 2.59 bits per heavy atom. The third-order valence-electron chi connectivity index (χ3n) is 4.60. The quantitative estimate of drug-likeness (QED) is 0.731. The van der Waals surface area contributed by atoms with Crippen molar-refractivity contribution in [2.45, 2.75) is 37.0 Å². The van der Waals surface area contributed by atoms with Gasteiger partial charge in [0.25, 0.3) is 15.9 Å². The minimum atomic E-state index is -3.77. The van der Waals surface area contributed by atoms with Crippen LogP contribution in [0.4, 0.5) is 5.13 Å². The molecule has 1 fully saturated rings. The van der Waals surface area contributed by atoms with Crippen molar-refractivity contribution in [3.8, 4) is 5.75 Å². The molecule has 9 heteroatoms. The second-order valence-electron chi connectivity index (χ2n) is 6.53. The molecular formula is C18H23N3O4S2. The Balaban J connectivity index is 1.59. The van der Waals surface area contributed by atoms with E-state index in [4.69, 9.17) is 4.74 Å². The van der Waals surface area contributed by atoms with Gasteiger partial charge in [-0.3, -0.25) is 9.52 Å². The second kappa shape index (κ2) is 8.71. The molecule has 7 nitrogen and oxygen atoms in total. The minimum absolute atomic E-state index is 0.0989. The van der Waals surface area contributed by atoms with E-state index in [1.807, 2.05) is 0 Å². The molecule has 2 N–H and O–H groups in total. The van der Waals surface area contributed by atoms with E-state index in [-0.39, 0.29) is 21.6 Å². The van der Waals surface area contributed by atoms with Crippen LogP contribution < -0.4 is 14.8 Å². The van der Waals surface area contributed by atoms with E-state index in [1.165, 1.54) is 38.5 Å². The topological polar surface area (TPSA) is 97.4 Å². The average molecular weight is 410 g/mol. The fourth-order valence-corrected chi connectivity index (χ4v) is 5.02. The zero-order chi connectivity index (χ0) is 19.3. The summed E-state index contributed by atoms with van der Waals surface area (Å²) >= 11 is 1.08. The number of carbonyl (C=O) groups excluding carboxylic acids is 1. The van der Waals surface area contributed by atoms with E-state index in [2.05, 4.69) is 15.0 Å². The molecule has 2 aromatic rings. The number of aromatic nitrogens is 1. The third-order valence-corrected chi connectivity index (χ3v) is 6.85. The summed E-state index contributed by atoms with van der Waals surface area (Å²) in [4.78, 5) is 16.5. The van der Waals surface area contributed by atoms with E-state index < -0.39 is 10.0 Å². The van der Waals surface area contributed by atoms with Gasteiger partial charge in [0.2, 0.25) is 0 Å². The molecule has 1 saturated carbocycles. The zero-order valence-electron chi connectivity index (χ0n) is 15.1. The van der Waals surface area contributed by atoms with E-state index in [0.717, 1.165) is 24.2 Å². The summed E-state index contributed by atoms with van der Waals surface area (Å²) < 4.78 is 32.3. The Hall–Kier alpha value is -2.13. The van der Waals surface area contributed by atoms with Crippen LogP contribution in [0.15, 0.2) is 34.5 Å². The lowest BCUT2D eigenvalue weighted by Gasteiger charge is -2.21. The van der Waals surface area contributed by atoms with Crippen molar-refractivity contribution in [3.05, 3.63) is 35.3 Å². The highest BCUT2D eigenvalue weighted by Gasteiger charge is 2.19. The maximum absolute atomic E-state index is 12.4. The van der Waals surface area contributed by atoms with Crippen molar-refractivity contribution in [3.63, 3.8) is 0 Å². The van der Waals surface area contributed by atoms with Gasteiger partial charge in [-0.2, -0.15) is 0 Å². The highest BCUT2D eigenvalue weighted by atomic mass is 32.2. The molecule has 146 valence electrons. The van der Waals surface area contributed by atoms with Crippen LogP contribution in [0.2, 0.25) is 0 Å². The standard InChI is InChI=1S/C18H23N3O4S2/c1-25-14-7-9-15(10-8-14)27(23,24)21-18-20-16(12-26-18)17(22)19-11-13-5-3-2-4-6-13/h7-10,12-13H,2-6,11H2,1H3,(H,19,22)(H,20,21). The second-order valence-corrected chi connectivity index (χ2v) is 9.07. The molecule has 0 atom stereocenters. The molecule has 0 unspecified atom stereocenters. The molecule has 0 spiro atoms. The number of sulfonamides is 1. The molecule has 27 heavy (non-hydrogen) atoms. The van der Waals surface area contributed by atoms with Crippen LogP contribution in [-0.4, -0.2) is 33.0 Å². The number of amides is 1. The molecule has 1 aliphatic rings. The molecule has 1 amide bonds. The molecule has 1 aliphatic carbocycles. The number of methoxy groups -OCH3 is 1. The molecular weight excluding hydrogens is 386 g/mol. The number of thiazole rings is 1. The van der Waals surface area contributed by atoms with Crippen molar-refractivity contribution in [2.75, 3.05) is 18.4 Å². The molecule has 1 aromatic heterocycles. The van der Waals surface area contributed by atoms with Gasteiger partial charge < -0.3 is 10.1 Å². The normalized spacial score (nSPS) is 15.3. The molecule has 1 aromatic carbocycles. The van der Waals surface area contributed by atoms with Gasteiger partial charge in [0, 0.05) is 11.9 Å². The fraction of sp³-hybridized carbons (Fsp3) is 0.444. The average Bonchev–Trinajstić information content (AvgIpc) is 3.15. The van der Waals surface area contributed by atoms with Gasteiger partial charge in [0.1, 0.15) is 11.4 Å². The molecule has 0 bridgehead atoms. The van der Waals surface area contributed by atoms with Crippen LogP contribution in [-0.2, 0) is 10.0 Å². The summed E-state index contributed by atoms with van der Waals surface area (Å²) in [6.07, 6.45) is 5.99. The number of ether oxygens (including phenoxy) is 1. The summed E-state index contributed by atoms with van der Waals surface area (Å²) in [6, 6.07) is 6.04. The van der Waals surface area contributed by atoms with E-state index in [1.54, 1.807) is 17.5 Å². The van der Waals surface area contributed by atoms with Crippen molar-refractivity contribution in [1.82, 2.24) is 10.3 Å². The minimum Gasteiger partial charge on any atom is -0.497 e. The van der Waals surface area contributed by atoms with Crippen LogP contribution in [0.25, 0.3) is 0 Å². The van der Waals surface area contributed by atoms with Crippen LogP contribution in [0.1, 0.15) is 42.6 Å². The maximum atomic E-state index is 12.4. The lowest BCUT2D eigenvalue weighted by molar-refractivity contribution is 0.0939. The molecule has 3 rings (SSSR count). The van der Waals surface area contributed by atoms with Crippen LogP contribution in [0, 0.1) is 5.92 Å². The third kappa shape index (κ3) is 5.20. The van der Waals surface area contributed by atoms with Gasteiger partial charge in [-0.25, -0.2) is 13.4 Å². The largest absolute Gasteiger partial charge is 0.497 e. The highest BCUT2D eigenvalue weighted by Crippen LogP contribution is 2.24. The van der Waals surface area contributed by atoms with Crippen LogP contribution >= 0.6 is 11.3 Å². The van der Waals surface area contributed by atoms with Gasteiger partial charge in [-0.15, -0.1) is 11.3 Å². The van der Waals surface area contributed by atoms with Gasteiger partial charge in [-0.1, -0.05) is 19.3 Å². The van der Waals surface area contributed by atoms with Gasteiger partial charge >= 0.3 is 0 Å². The van der Waals surface area contributed by atoms with E-state index in [9.17, 15) is 13.2 Å². The van der Waals surface area contributed by atoms with Gasteiger partial charge in [-0.05, 0) is 43.0 Å². The fourth-order valence-electron chi connectivity index (χ4n) is 3.07. The Morgan fingerprint density at radius 2 is 1.93 bits per heavy atom. The Morgan fingerprint density at radius 1 is 1.22 bits per heavy atom. The Bertz CT molecular complexity index is 872. The first-order chi connectivity index (χ1) is 13.0. The summed E-state index contributed by atoms with van der Waals surface area (Å²) in [5, 5.41) is 4.62. The maximum Gasteiger partial charge on any atom is 0.270 e. The number of anilines is 1. The lowest BCUT2D eigenvalue weighted by Crippen LogP contribution is -2.30. The number of hydrogen-bond donors (Lipinski definition) is 2. The van der Waals surface area contributed by atoms with Crippen molar-refractivity contribution in [1.29, 1.82) is 0 Å². The molecule has 1 heterocycles. The zero-order valence-corrected chi connectivity index (χ0v) is 16.7. The van der Waals surface area contributed by atoms with Crippen molar-refractivity contribution < 1.29 is 17.9 Å². The summed E-state index contributed by atoms with van der Waals surface area (Å²) in [5.41, 5.74) is 0.225. The highest BCUT2D eigenvalue weighted by molar-refractivity contribution is 7.93. The SMILES string of the molecule is COc1ccc(S(=O)(=O)Nc2nc(C(=O)NCC3CCCCC3)cs2)cc1. The van der Waals surface area contributed by atoms with E-state index in [0.29, 0.717) is 18.2 Å². The number of carbonyl (C=O) groups is 1. The number of benzene rings is 1. The first kappa shape index (κ1) is 19.6. The summed E-state index contributed by atoms with van der Waals surface area (Å²) in [6.45, 7) is 0.642. The number of rotatable bonds is 7. The summed E-state index contributed by atoms with van der Waals surface area (Å²) in [5.74, 6) is 0.821. The molecule has 0 aliphatic heterocycles. The Labute approximate surface area is 163 Å². The molecule has 0 saturated heterocycles. The smallest absolute Gasteiger partial charge is 0.270 e. The predicted molar refractivity (Wildman–Crippen MR) is 105 cm³/mol. The monoisotopic (exact) mass is 409 g/mol. The van der Waals surface area contributed by atoms with Crippen LogP contribution in [0.3, 0.4) is 0 Å². The van der Waals surface area contributed by atoms with E-state index >= 15 is 0 Å². The summed E-state index contributed by atoms with van der Waals surface area (Å²) in [7, 11) is -2.26. The van der Waals surface area contributed by atoms with Crippen molar-refractivity contribution in [2.24, 2.45) is 5.92 Å². The Kier molecular flexibility index (Phi) is 6.33. The lowest BCUT2D eigenvalue weighted by atomic mass is 9.89. The van der Waals surface area contributed by atoms with Crippen LogP contribution in [0.5, 0.6) is 5.75 Å². The number of nitrogens with one attached hydrogen (secondary N) is 2. The van der Waals surface area contributed by atoms with Gasteiger partial charge in [0.05, 0.1) is 12.0 Å². The first-order valence-electron chi connectivity index (χ1n) is 8.88. The van der Waals surface area contributed by atoms with Gasteiger partial charge in [0.15, 0.2) is 5.13 Å². The predicted octanol–water partition coefficient (Wildman–Crippen LogP) is 3.26. The molecule has 0 radical (unpaired) electrons. The number of nitrogens with zero attached hydrogens (tertiary/aromatic N) is 1.